The predicted octanol–water partition coefficient (Wildman–Crippen LogP) is 4.15. The number of nitrogens with zero attached hydrogens (tertiary/aromatic N) is 5. The van der Waals surface area contributed by atoms with Gasteiger partial charge in [-0.3, -0.25) is 0 Å². The van der Waals surface area contributed by atoms with Crippen LogP contribution in [0, 0.1) is 5.82 Å². The van der Waals surface area contributed by atoms with Gasteiger partial charge in [0.25, 0.3) is 5.89 Å². The molecule has 1 saturated heterocycles. The molecule has 3 heterocycles. The summed E-state index contributed by atoms with van der Waals surface area (Å²) in [4.78, 5) is 13.3. The first-order chi connectivity index (χ1) is 15.0. The average molecular weight is 425 g/mol. The molecular formula is C23H29FN6O. The van der Waals surface area contributed by atoms with Gasteiger partial charge in [-0.15, -0.1) is 0 Å². The maximum atomic E-state index is 14.8. The van der Waals surface area contributed by atoms with E-state index >= 15 is 0 Å². The fourth-order valence-corrected chi connectivity index (χ4v) is 3.66. The van der Waals surface area contributed by atoms with Crippen LogP contribution in [0.2, 0.25) is 0 Å². The number of aromatic nitrogens is 3. The van der Waals surface area contributed by atoms with E-state index in [0.717, 1.165) is 43.9 Å². The monoisotopic (exact) mass is 424 g/mol. The molecule has 1 N–H and O–H groups in total. The number of nitrogens with one attached hydrogen (secondary N) is 1. The maximum absolute atomic E-state index is 14.8. The lowest BCUT2D eigenvalue weighted by atomic mass is 10.1. The Labute approximate surface area is 182 Å². The quantitative estimate of drug-likeness (QED) is 0.611. The third kappa shape index (κ3) is 5.02. The van der Waals surface area contributed by atoms with Gasteiger partial charge < -0.3 is 19.6 Å². The Bertz CT molecular complexity index is 1010. The van der Waals surface area contributed by atoms with Crippen molar-refractivity contribution in [1.82, 2.24) is 20.0 Å². The topological polar surface area (TPSA) is 70.3 Å². The summed E-state index contributed by atoms with van der Waals surface area (Å²) in [5.74, 6) is 1.83. The van der Waals surface area contributed by atoms with Gasteiger partial charge in [0.2, 0.25) is 0 Å². The molecule has 7 nitrogen and oxygen atoms in total. The lowest BCUT2D eigenvalue weighted by Gasteiger charge is -2.35. The van der Waals surface area contributed by atoms with Crippen LogP contribution in [0.4, 0.5) is 15.9 Å². The Morgan fingerprint density at radius 2 is 1.94 bits per heavy atom. The number of anilines is 2. The first-order valence-corrected chi connectivity index (χ1v) is 10.8. The molecule has 0 saturated carbocycles. The van der Waals surface area contributed by atoms with Crippen LogP contribution in [0.25, 0.3) is 11.5 Å². The fourth-order valence-electron chi connectivity index (χ4n) is 3.66. The summed E-state index contributed by atoms with van der Waals surface area (Å²) in [6, 6.07) is 9.13. The molecule has 4 rings (SSSR count). The van der Waals surface area contributed by atoms with E-state index in [1.807, 2.05) is 38.1 Å². The van der Waals surface area contributed by atoms with Crippen LogP contribution in [0.5, 0.6) is 0 Å². The standard InChI is InChI=1S/C23H29FN6O/c1-4-29-9-11-30(12-10-29)20-6-5-17(13-19(20)24)15-26-21-14-18(7-8-25-21)23-27-22(16(2)3)28-31-23/h5-8,13-14,16H,4,9-12,15H2,1-3H3,(H,25,26). The third-order valence-corrected chi connectivity index (χ3v) is 5.61. The van der Waals surface area contributed by atoms with Gasteiger partial charge in [0.15, 0.2) is 5.82 Å². The zero-order chi connectivity index (χ0) is 21.8. The molecule has 1 aliphatic heterocycles. The first kappa shape index (κ1) is 21.2. The molecular weight excluding hydrogens is 395 g/mol. The van der Waals surface area contributed by atoms with Crippen molar-refractivity contribution < 1.29 is 8.91 Å². The van der Waals surface area contributed by atoms with E-state index in [1.54, 1.807) is 12.3 Å². The SMILES string of the molecule is CCN1CCN(c2ccc(CNc3cc(-c4nc(C(C)C)no4)ccn3)cc2F)CC1. The molecule has 8 heteroatoms. The number of hydrogen-bond acceptors (Lipinski definition) is 7. The van der Waals surface area contributed by atoms with Crippen LogP contribution in [0.1, 0.15) is 38.1 Å². The summed E-state index contributed by atoms with van der Waals surface area (Å²) in [5, 5.41) is 7.26. The average Bonchev–Trinajstić information content (AvgIpc) is 3.29. The lowest BCUT2D eigenvalue weighted by Crippen LogP contribution is -2.46. The normalized spacial score (nSPS) is 14.9. The first-order valence-electron chi connectivity index (χ1n) is 10.8. The van der Waals surface area contributed by atoms with Crippen LogP contribution < -0.4 is 10.2 Å². The summed E-state index contributed by atoms with van der Waals surface area (Å²) >= 11 is 0. The molecule has 31 heavy (non-hydrogen) atoms. The van der Waals surface area contributed by atoms with E-state index < -0.39 is 0 Å². The van der Waals surface area contributed by atoms with Crippen molar-refractivity contribution in [3.8, 4) is 11.5 Å². The van der Waals surface area contributed by atoms with Gasteiger partial charge in [-0.2, -0.15) is 4.98 Å². The summed E-state index contributed by atoms with van der Waals surface area (Å²) < 4.78 is 20.1. The van der Waals surface area contributed by atoms with Crippen LogP contribution in [-0.2, 0) is 6.54 Å². The second-order valence-corrected chi connectivity index (χ2v) is 8.10. The van der Waals surface area contributed by atoms with Crippen LogP contribution in [0.3, 0.4) is 0 Å². The Kier molecular flexibility index (Phi) is 6.46. The predicted molar refractivity (Wildman–Crippen MR) is 120 cm³/mol. The van der Waals surface area contributed by atoms with Gasteiger partial charge in [0.05, 0.1) is 5.69 Å². The highest BCUT2D eigenvalue weighted by molar-refractivity contribution is 5.58. The van der Waals surface area contributed by atoms with Crippen molar-refractivity contribution in [1.29, 1.82) is 0 Å². The van der Waals surface area contributed by atoms with Crippen molar-refractivity contribution in [2.24, 2.45) is 0 Å². The molecule has 1 aliphatic rings. The molecule has 0 amide bonds. The highest BCUT2D eigenvalue weighted by Crippen LogP contribution is 2.24. The summed E-state index contributed by atoms with van der Waals surface area (Å²) in [6.45, 7) is 11.4. The number of halogens is 1. The number of pyridine rings is 1. The van der Waals surface area contributed by atoms with E-state index in [0.29, 0.717) is 29.8 Å². The van der Waals surface area contributed by atoms with Crippen LogP contribution in [-0.4, -0.2) is 52.7 Å². The molecule has 0 radical (unpaired) electrons. The third-order valence-electron chi connectivity index (χ3n) is 5.61. The van der Waals surface area contributed by atoms with Gasteiger partial charge in [0.1, 0.15) is 11.6 Å². The number of likely N-dealkylation sites (N-methyl/N-ethyl adjacent to an activating group) is 1. The highest BCUT2D eigenvalue weighted by Gasteiger charge is 2.18. The Morgan fingerprint density at radius 1 is 1.13 bits per heavy atom. The molecule has 0 atom stereocenters. The largest absolute Gasteiger partial charge is 0.367 e. The Morgan fingerprint density at radius 3 is 2.61 bits per heavy atom. The van der Waals surface area contributed by atoms with Gasteiger partial charge in [-0.1, -0.05) is 32.0 Å². The molecule has 2 aromatic heterocycles. The fraction of sp³-hybridized carbons (Fsp3) is 0.435. The van der Waals surface area contributed by atoms with Crippen molar-refractivity contribution >= 4 is 11.5 Å². The number of piperazine rings is 1. The Balaban J connectivity index is 1.39. The van der Waals surface area contributed by atoms with Gasteiger partial charge in [0, 0.05) is 50.4 Å². The zero-order valence-electron chi connectivity index (χ0n) is 18.3. The minimum atomic E-state index is -0.182. The molecule has 1 fully saturated rings. The van der Waals surface area contributed by atoms with E-state index in [9.17, 15) is 4.39 Å². The minimum Gasteiger partial charge on any atom is -0.367 e. The number of benzene rings is 1. The van der Waals surface area contributed by atoms with Gasteiger partial charge in [-0.05, 0) is 36.4 Å². The van der Waals surface area contributed by atoms with Crippen molar-refractivity contribution in [3.63, 3.8) is 0 Å². The second-order valence-electron chi connectivity index (χ2n) is 8.10. The maximum Gasteiger partial charge on any atom is 0.258 e. The molecule has 0 aliphatic carbocycles. The summed E-state index contributed by atoms with van der Waals surface area (Å²) in [5.41, 5.74) is 2.34. The Hall–Kier alpha value is -3.00. The van der Waals surface area contributed by atoms with E-state index in [2.05, 4.69) is 37.2 Å². The number of hydrogen-bond donors (Lipinski definition) is 1. The summed E-state index contributed by atoms with van der Waals surface area (Å²) in [7, 11) is 0. The summed E-state index contributed by atoms with van der Waals surface area (Å²) in [6.07, 6.45) is 1.69. The molecule has 3 aromatic rings. The van der Waals surface area contributed by atoms with Gasteiger partial charge >= 0.3 is 0 Å². The second kappa shape index (κ2) is 9.43. The van der Waals surface area contributed by atoms with Crippen molar-refractivity contribution in [2.45, 2.75) is 33.2 Å². The van der Waals surface area contributed by atoms with Crippen molar-refractivity contribution in [3.05, 3.63) is 53.7 Å². The van der Waals surface area contributed by atoms with E-state index in [1.165, 1.54) is 0 Å². The van der Waals surface area contributed by atoms with E-state index in [4.69, 9.17) is 4.52 Å². The van der Waals surface area contributed by atoms with E-state index in [-0.39, 0.29) is 11.7 Å². The molecule has 0 unspecified atom stereocenters. The highest BCUT2D eigenvalue weighted by atomic mass is 19.1. The molecule has 0 bridgehead atoms. The van der Waals surface area contributed by atoms with Crippen LogP contribution >= 0.6 is 0 Å². The minimum absolute atomic E-state index is 0.182. The smallest absolute Gasteiger partial charge is 0.258 e. The molecule has 164 valence electrons. The van der Waals surface area contributed by atoms with Crippen LogP contribution in [0.15, 0.2) is 41.1 Å². The number of rotatable bonds is 7. The zero-order valence-corrected chi connectivity index (χ0v) is 18.3. The molecule has 1 aromatic carbocycles. The lowest BCUT2D eigenvalue weighted by molar-refractivity contribution is 0.270. The molecule has 0 spiro atoms. The van der Waals surface area contributed by atoms with Crippen molar-refractivity contribution in [2.75, 3.05) is 42.9 Å². The van der Waals surface area contributed by atoms with Gasteiger partial charge in [-0.25, -0.2) is 9.37 Å².